The Bertz CT molecular complexity index is 437. The molecule has 0 aliphatic rings. The predicted octanol–water partition coefficient (Wildman–Crippen LogP) is 2.09. The van der Waals surface area contributed by atoms with E-state index in [2.05, 4.69) is 11.8 Å². The van der Waals surface area contributed by atoms with Gasteiger partial charge in [-0.2, -0.15) is 0 Å². The molecule has 0 aliphatic heterocycles. The van der Waals surface area contributed by atoms with E-state index in [0.29, 0.717) is 12.8 Å². The topological polar surface area (TPSA) is 46.5 Å². The number of aliphatic hydroxyl groups is 1. The molecule has 1 rings (SSSR count). The molecule has 0 aliphatic carbocycles. The molecule has 0 radical (unpaired) electrons. The number of carbonyl (C=O) groups excluding carboxylic acids is 1. The molecule has 0 aromatic heterocycles. The number of hydrogen-bond acceptors (Lipinski definition) is 3. The Labute approximate surface area is 108 Å². The van der Waals surface area contributed by atoms with Crippen molar-refractivity contribution < 1.29 is 14.6 Å². The zero-order valence-corrected chi connectivity index (χ0v) is 10.8. The van der Waals surface area contributed by atoms with Crippen LogP contribution in [-0.4, -0.2) is 24.8 Å². The molecule has 0 saturated carbocycles. The lowest BCUT2D eigenvalue weighted by Gasteiger charge is -2.12. The molecule has 0 amide bonds. The van der Waals surface area contributed by atoms with Gasteiger partial charge in [-0.15, -0.1) is 0 Å². The van der Waals surface area contributed by atoms with Gasteiger partial charge in [-0.25, -0.2) is 0 Å². The molecular weight excluding hydrogens is 228 g/mol. The van der Waals surface area contributed by atoms with Gasteiger partial charge in [-0.1, -0.05) is 30.9 Å². The highest BCUT2D eigenvalue weighted by molar-refractivity contribution is 5.78. The average molecular weight is 246 g/mol. The van der Waals surface area contributed by atoms with E-state index in [1.165, 1.54) is 7.11 Å². The second kappa shape index (κ2) is 7.52. The summed E-state index contributed by atoms with van der Waals surface area (Å²) in [5.74, 6) is 5.38. The predicted molar refractivity (Wildman–Crippen MR) is 70.1 cm³/mol. The van der Waals surface area contributed by atoms with E-state index in [4.69, 9.17) is 9.84 Å². The molecule has 1 atom stereocenters. The van der Waals surface area contributed by atoms with Crippen LogP contribution >= 0.6 is 0 Å². The fourth-order valence-corrected chi connectivity index (χ4v) is 1.70. The van der Waals surface area contributed by atoms with E-state index in [0.717, 1.165) is 11.1 Å². The Morgan fingerprint density at radius 2 is 2.06 bits per heavy atom. The molecule has 96 valence electrons. The lowest BCUT2D eigenvalue weighted by Crippen LogP contribution is -2.13. The molecule has 3 heteroatoms. The van der Waals surface area contributed by atoms with Gasteiger partial charge >= 0.3 is 5.97 Å². The summed E-state index contributed by atoms with van der Waals surface area (Å²) < 4.78 is 4.77. The van der Waals surface area contributed by atoms with Gasteiger partial charge in [0.1, 0.15) is 0 Å². The standard InChI is InChI=1S/C15H18O3/c1-3-14(15(17)18-2)13-9-7-12(8-10-13)6-4-5-11-16/h7-10,14,16H,3,5,11H2,1-2H3. The van der Waals surface area contributed by atoms with Crippen molar-refractivity contribution in [2.24, 2.45) is 0 Å². The second-order valence-electron chi connectivity index (χ2n) is 3.88. The molecule has 18 heavy (non-hydrogen) atoms. The van der Waals surface area contributed by atoms with Crippen molar-refractivity contribution in [3.8, 4) is 11.8 Å². The minimum absolute atomic E-state index is 0.0747. The van der Waals surface area contributed by atoms with Crippen molar-refractivity contribution in [3.05, 3.63) is 35.4 Å². The molecule has 0 heterocycles. The van der Waals surface area contributed by atoms with Crippen molar-refractivity contribution >= 4 is 5.97 Å². The number of aliphatic hydroxyl groups excluding tert-OH is 1. The van der Waals surface area contributed by atoms with E-state index in [1.807, 2.05) is 31.2 Å². The molecular formula is C15H18O3. The SMILES string of the molecule is CCC(C(=O)OC)c1ccc(C#CCCO)cc1. The lowest BCUT2D eigenvalue weighted by atomic mass is 9.96. The quantitative estimate of drug-likeness (QED) is 0.653. The van der Waals surface area contributed by atoms with E-state index >= 15 is 0 Å². The van der Waals surface area contributed by atoms with Gasteiger partial charge < -0.3 is 9.84 Å². The Kier molecular flexibility index (Phi) is 5.96. The molecule has 0 saturated heterocycles. The fraction of sp³-hybridized carbons (Fsp3) is 0.400. The fourth-order valence-electron chi connectivity index (χ4n) is 1.70. The molecule has 0 bridgehead atoms. The van der Waals surface area contributed by atoms with Gasteiger partial charge in [-0.3, -0.25) is 4.79 Å². The van der Waals surface area contributed by atoms with Crippen LogP contribution in [0.15, 0.2) is 24.3 Å². The first kappa shape index (κ1) is 14.3. The molecule has 1 aromatic carbocycles. The van der Waals surface area contributed by atoms with Gasteiger partial charge in [-0.05, 0) is 24.1 Å². The molecule has 0 fully saturated rings. The molecule has 3 nitrogen and oxygen atoms in total. The lowest BCUT2D eigenvalue weighted by molar-refractivity contribution is -0.142. The Hall–Kier alpha value is -1.79. The van der Waals surface area contributed by atoms with E-state index in [-0.39, 0.29) is 18.5 Å². The van der Waals surface area contributed by atoms with Gasteiger partial charge in [0.25, 0.3) is 0 Å². The smallest absolute Gasteiger partial charge is 0.313 e. The number of hydrogen-bond donors (Lipinski definition) is 1. The van der Waals surface area contributed by atoms with E-state index in [9.17, 15) is 4.79 Å². The number of benzene rings is 1. The monoisotopic (exact) mass is 246 g/mol. The molecule has 1 N–H and O–H groups in total. The van der Waals surface area contributed by atoms with Gasteiger partial charge in [0.15, 0.2) is 0 Å². The van der Waals surface area contributed by atoms with Crippen LogP contribution in [0.25, 0.3) is 0 Å². The first-order chi connectivity index (χ1) is 8.72. The van der Waals surface area contributed by atoms with Gasteiger partial charge in [0, 0.05) is 12.0 Å². The summed E-state index contributed by atoms with van der Waals surface area (Å²) in [7, 11) is 1.40. The summed E-state index contributed by atoms with van der Waals surface area (Å²) in [4.78, 5) is 11.6. The first-order valence-electron chi connectivity index (χ1n) is 6.00. The van der Waals surface area contributed by atoms with Crippen LogP contribution in [-0.2, 0) is 9.53 Å². The Morgan fingerprint density at radius 1 is 1.39 bits per heavy atom. The van der Waals surface area contributed by atoms with E-state index in [1.54, 1.807) is 0 Å². The van der Waals surface area contributed by atoms with Crippen molar-refractivity contribution in [3.63, 3.8) is 0 Å². The third-order valence-corrected chi connectivity index (χ3v) is 2.68. The van der Waals surface area contributed by atoms with Crippen LogP contribution in [0.3, 0.4) is 0 Å². The maximum Gasteiger partial charge on any atom is 0.313 e. The van der Waals surface area contributed by atoms with Crippen LogP contribution in [0.2, 0.25) is 0 Å². The highest BCUT2D eigenvalue weighted by atomic mass is 16.5. The molecule has 0 spiro atoms. The summed E-state index contributed by atoms with van der Waals surface area (Å²) in [6.45, 7) is 2.03. The summed E-state index contributed by atoms with van der Waals surface area (Å²) in [6, 6.07) is 7.55. The second-order valence-corrected chi connectivity index (χ2v) is 3.88. The van der Waals surface area contributed by atoms with Crippen LogP contribution < -0.4 is 0 Å². The van der Waals surface area contributed by atoms with Crippen molar-refractivity contribution in [1.29, 1.82) is 0 Å². The largest absolute Gasteiger partial charge is 0.469 e. The molecule has 1 unspecified atom stereocenters. The highest BCUT2D eigenvalue weighted by Gasteiger charge is 2.18. The Morgan fingerprint density at radius 3 is 2.56 bits per heavy atom. The number of rotatable bonds is 4. The third kappa shape index (κ3) is 3.90. The maximum absolute atomic E-state index is 11.6. The van der Waals surface area contributed by atoms with Crippen molar-refractivity contribution in [2.45, 2.75) is 25.7 Å². The highest BCUT2D eigenvalue weighted by Crippen LogP contribution is 2.21. The zero-order valence-electron chi connectivity index (χ0n) is 10.8. The summed E-state index contributed by atoms with van der Waals surface area (Å²) >= 11 is 0. The van der Waals surface area contributed by atoms with Crippen LogP contribution in [0.4, 0.5) is 0 Å². The number of methoxy groups -OCH3 is 1. The normalized spacial score (nSPS) is 11.3. The van der Waals surface area contributed by atoms with Crippen LogP contribution in [0, 0.1) is 11.8 Å². The van der Waals surface area contributed by atoms with Crippen molar-refractivity contribution in [1.82, 2.24) is 0 Å². The summed E-state index contributed by atoms with van der Waals surface area (Å²) in [5.41, 5.74) is 1.82. The Balaban J connectivity index is 2.82. The number of ether oxygens (including phenoxy) is 1. The minimum Gasteiger partial charge on any atom is -0.469 e. The average Bonchev–Trinajstić information content (AvgIpc) is 2.41. The van der Waals surface area contributed by atoms with E-state index < -0.39 is 0 Å². The van der Waals surface area contributed by atoms with Crippen molar-refractivity contribution in [2.75, 3.05) is 13.7 Å². The zero-order chi connectivity index (χ0) is 13.4. The van der Waals surface area contributed by atoms with Gasteiger partial charge in [0.2, 0.25) is 0 Å². The third-order valence-electron chi connectivity index (χ3n) is 2.68. The minimum atomic E-state index is -0.213. The summed E-state index contributed by atoms with van der Waals surface area (Å²) in [5, 5.41) is 8.63. The summed E-state index contributed by atoms with van der Waals surface area (Å²) in [6.07, 6.45) is 1.18. The van der Waals surface area contributed by atoms with Crippen LogP contribution in [0.1, 0.15) is 36.8 Å². The maximum atomic E-state index is 11.6. The first-order valence-corrected chi connectivity index (χ1v) is 6.00. The number of esters is 1. The van der Waals surface area contributed by atoms with Crippen LogP contribution in [0.5, 0.6) is 0 Å². The molecule has 1 aromatic rings. The van der Waals surface area contributed by atoms with Gasteiger partial charge in [0.05, 0.1) is 19.6 Å². The number of carbonyl (C=O) groups is 1.